The number of piperidine rings is 1. The minimum Gasteiger partial charge on any atom is -0.339 e. The van der Waals surface area contributed by atoms with Crippen LogP contribution in [0, 0.1) is 5.92 Å². The molecule has 0 bridgehead atoms. The van der Waals surface area contributed by atoms with Crippen LogP contribution in [0.4, 0.5) is 5.69 Å². The molecule has 3 aromatic carbocycles. The molecule has 2 N–H and O–H groups in total. The Labute approximate surface area is 200 Å². The number of hydrogen-bond acceptors (Lipinski definition) is 4. The van der Waals surface area contributed by atoms with Gasteiger partial charge < -0.3 is 10.2 Å². The van der Waals surface area contributed by atoms with Crippen LogP contribution in [0.15, 0.2) is 71.6 Å². The smallest absolute Gasteiger partial charge is 0.254 e. The maximum atomic E-state index is 13.1. The standard InChI is InChI=1S/C26H29N3O4S/c1-18(2)28-34(32,33)22-12-10-21(11-13-22)27-25(30)20-14-16-29(17-15-20)26(31)24-9-5-7-19-6-3-4-8-23(19)24/h3-13,18,20,28H,14-17H2,1-2H3,(H,27,30). The number of likely N-dealkylation sites (tertiary alicyclic amines) is 1. The number of amides is 2. The molecule has 34 heavy (non-hydrogen) atoms. The number of nitrogens with zero attached hydrogens (tertiary/aromatic N) is 1. The van der Waals surface area contributed by atoms with Gasteiger partial charge in [0.2, 0.25) is 15.9 Å². The van der Waals surface area contributed by atoms with E-state index < -0.39 is 10.0 Å². The van der Waals surface area contributed by atoms with Gasteiger partial charge in [-0.15, -0.1) is 0 Å². The summed E-state index contributed by atoms with van der Waals surface area (Å²) < 4.78 is 27.0. The van der Waals surface area contributed by atoms with Gasteiger partial charge in [-0.2, -0.15) is 0 Å². The van der Waals surface area contributed by atoms with Gasteiger partial charge in [-0.3, -0.25) is 9.59 Å². The maximum absolute atomic E-state index is 13.1. The fourth-order valence-corrected chi connectivity index (χ4v) is 5.52. The van der Waals surface area contributed by atoms with E-state index in [0.29, 0.717) is 37.2 Å². The minimum absolute atomic E-state index is 0.0116. The summed E-state index contributed by atoms with van der Waals surface area (Å²) in [4.78, 5) is 27.9. The van der Waals surface area contributed by atoms with Gasteiger partial charge in [0, 0.05) is 36.3 Å². The van der Waals surface area contributed by atoms with Gasteiger partial charge in [-0.05, 0) is 67.8 Å². The number of hydrogen-bond donors (Lipinski definition) is 2. The van der Waals surface area contributed by atoms with Crippen molar-refractivity contribution < 1.29 is 18.0 Å². The Kier molecular flexibility index (Phi) is 7.00. The monoisotopic (exact) mass is 479 g/mol. The summed E-state index contributed by atoms with van der Waals surface area (Å²) in [7, 11) is -3.58. The van der Waals surface area contributed by atoms with Crippen molar-refractivity contribution in [2.75, 3.05) is 18.4 Å². The lowest BCUT2D eigenvalue weighted by Crippen LogP contribution is -2.41. The van der Waals surface area contributed by atoms with E-state index in [2.05, 4.69) is 10.0 Å². The van der Waals surface area contributed by atoms with Crippen LogP contribution in [0.25, 0.3) is 10.8 Å². The second kappa shape index (κ2) is 9.95. The Balaban J connectivity index is 1.35. The van der Waals surface area contributed by atoms with Crippen LogP contribution in [0.5, 0.6) is 0 Å². The molecule has 1 aliphatic heterocycles. The van der Waals surface area contributed by atoms with Gasteiger partial charge in [0.1, 0.15) is 0 Å². The van der Waals surface area contributed by atoms with Gasteiger partial charge in [0.15, 0.2) is 0 Å². The van der Waals surface area contributed by atoms with Gasteiger partial charge >= 0.3 is 0 Å². The molecule has 1 fully saturated rings. The fraction of sp³-hybridized carbons (Fsp3) is 0.308. The van der Waals surface area contributed by atoms with Crippen molar-refractivity contribution in [3.8, 4) is 0 Å². The van der Waals surface area contributed by atoms with Crippen molar-refractivity contribution in [3.63, 3.8) is 0 Å². The highest BCUT2D eigenvalue weighted by Gasteiger charge is 2.28. The molecule has 178 valence electrons. The van der Waals surface area contributed by atoms with E-state index in [1.54, 1.807) is 26.0 Å². The molecule has 4 rings (SSSR count). The molecule has 0 aliphatic carbocycles. The Bertz CT molecular complexity index is 1290. The first-order chi connectivity index (χ1) is 16.2. The third kappa shape index (κ3) is 5.29. The van der Waals surface area contributed by atoms with Gasteiger partial charge in [0.25, 0.3) is 5.91 Å². The van der Waals surface area contributed by atoms with Crippen molar-refractivity contribution in [2.45, 2.75) is 37.6 Å². The van der Waals surface area contributed by atoms with Crippen LogP contribution in [0.1, 0.15) is 37.0 Å². The summed E-state index contributed by atoms with van der Waals surface area (Å²) in [6, 6.07) is 19.5. The lowest BCUT2D eigenvalue weighted by Gasteiger charge is -2.31. The second-order valence-corrected chi connectivity index (χ2v) is 10.6. The highest BCUT2D eigenvalue weighted by molar-refractivity contribution is 7.89. The van der Waals surface area contributed by atoms with Crippen LogP contribution in [-0.4, -0.2) is 44.3 Å². The normalized spacial score (nSPS) is 15.0. The molecule has 1 aliphatic rings. The molecular formula is C26H29N3O4S. The molecular weight excluding hydrogens is 450 g/mol. The van der Waals surface area contributed by atoms with E-state index in [1.165, 1.54) is 12.1 Å². The van der Waals surface area contributed by atoms with Crippen molar-refractivity contribution in [1.82, 2.24) is 9.62 Å². The third-order valence-electron chi connectivity index (χ3n) is 6.00. The first-order valence-corrected chi connectivity index (χ1v) is 12.9. The number of nitrogens with one attached hydrogen (secondary N) is 2. The maximum Gasteiger partial charge on any atom is 0.254 e. The van der Waals surface area contributed by atoms with E-state index >= 15 is 0 Å². The van der Waals surface area contributed by atoms with E-state index in [-0.39, 0.29) is 28.7 Å². The zero-order valence-corrected chi connectivity index (χ0v) is 20.1. The van der Waals surface area contributed by atoms with Crippen molar-refractivity contribution in [1.29, 1.82) is 0 Å². The Morgan fingerprint density at radius 1 is 0.912 bits per heavy atom. The van der Waals surface area contributed by atoms with Crippen LogP contribution in [0.2, 0.25) is 0 Å². The predicted octanol–water partition coefficient (Wildman–Crippen LogP) is 4.02. The van der Waals surface area contributed by atoms with Crippen LogP contribution in [0.3, 0.4) is 0 Å². The summed E-state index contributed by atoms with van der Waals surface area (Å²) in [5.74, 6) is -0.335. The molecule has 0 spiro atoms. The molecule has 2 amide bonds. The molecule has 1 heterocycles. The van der Waals surface area contributed by atoms with E-state index in [4.69, 9.17) is 0 Å². The Morgan fingerprint density at radius 2 is 1.56 bits per heavy atom. The van der Waals surface area contributed by atoms with Gasteiger partial charge in [-0.25, -0.2) is 13.1 Å². The topological polar surface area (TPSA) is 95.6 Å². The van der Waals surface area contributed by atoms with Crippen molar-refractivity contribution >= 4 is 38.3 Å². The first-order valence-electron chi connectivity index (χ1n) is 11.4. The number of benzene rings is 3. The van der Waals surface area contributed by atoms with Gasteiger partial charge in [-0.1, -0.05) is 36.4 Å². The quantitative estimate of drug-likeness (QED) is 0.558. The largest absolute Gasteiger partial charge is 0.339 e. The number of sulfonamides is 1. The van der Waals surface area contributed by atoms with Crippen LogP contribution < -0.4 is 10.0 Å². The van der Waals surface area contributed by atoms with Crippen LogP contribution >= 0.6 is 0 Å². The molecule has 0 unspecified atom stereocenters. The first kappa shape index (κ1) is 23.9. The van der Waals surface area contributed by atoms with Crippen LogP contribution in [-0.2, 0) is 14.8 Å². The molecule has 0 saturated carbocycles. The third-order valence-corrected chi connectivity index (χ3v) is 7.67. The number of carbonyl (C=O) groups excluding carboxylic acids is 2. The molecule has 8 heteroatoms. The summed E-state index contributed by atoms with van der Waals surface area (Å²) in [6.45, 7) is 4.54. The number of anilines is 1. The SMILES string of the molecule is CC(C)NS(=O)(=O)c1ccc(NC(=O)C2CCN(C(=O)c3cccc4ccccc34)CC2)cc1. The average Bonchev–Trinajstić information content (AvgIpc) is 2.83. The highest BCUT2D eigenvalue weighted by atomic mass is 32.2. The second-order valence-electron chi connectivity index (χ2n) is 8.88. The molecule has 0 radical (unpaired) electrons. The average molecular weight is 480 g/mol. The minimum atomic E-state index is -3.58. The number of rotatable bonds is 6. The molecule has 0 aromatic heterocycles. The summed E-state index contributed by atoms with van der Waals surface area (Å²) in [5, 5.41) is 4.84. The zero-order valence-electron chi connectivity index (χ0n) is 19.3. The summed E-state index contributed by atoms with van der Waals surface area (Å²) in [5.41, 5.74) is 1.23. The Morgan fingerprint density at radius 3 is 2.24 bits per heavy atom. The van der Waals surface area contributed by atoms with E-state index in [9.17, 15) is 18.0 Å². The molecule has 3 aromatic rings. The van der Waals surface area contributed by atoms with Crippen molar-refractivity contribution in [2.24, 2.45) is 5.92 Å². The lowest BCUT2D eigenvalue weighted by atomic mass is 9.94. The number of carbonyl (C=O) groups is 2. The highest BCUT2D eigenvalue weighted by Crippen LogP contribution is 2.25. The predicted molar refractivity (Wildman–Crippen MR) is 133 cm³/mol. The van der Waals surface area contributed by atoms with E-state index in [0.717, 1.165) is 10.8 Å². The lowest BCUT2D eigenvalue weighted by molar-refractivity contribution is -0.121. The fourth-order valence-electron chi connectivity index (χ4n) is 4.27. The Hall–Kier alpha value is -3.23. The number of fused-ring (bicyclic) bond motifs is 1. The molecule has 1 saturated heterocycles. The van der Waals surface area contributed by atoms with Crippen molar-refractivity contribution in [3.05, 3.63) is 72.3 Å². The summed E-state index contributed by atoms with van der Waals surface area (Å²) in [6.07, 6.45) is 1.15. The summed E-state index contributed by atoms with van der Waals surface area (Å²) >= 11 is 0. The van der Waals surface area contributed by atoms with E-state index in [1.807, 2.05) is 47.4 Å². The van der Waals surface area contributed by atoms with Gasteiger partial charge in [0.05, 0.1) is 4.90 Å². The molecule has 7 nitrogen and oxygen atoms in total. The zero-order chi connectivity index (χ0) is 24.3. The molecule has 0 atom stereocenters.